The van der Waals surface area contributed by atoms with Crippen molar-refractivity contribution in [1.29, 1.82) is 0 Å². The van der Waals surface area contributed by atoms with Gasteiger partial charge in [0, 0.05) is 43.4 Å². The Morgan fingerprint density at radius 1 is 1.22 bits per heavy atom. The second-order valence-electron chi connectivity index (χ2n) is 6.10. The number of benzene rings is 1. The monoisotopic (exact) mass is 379 g/mol. The van der Waals surface area contributed by atoms with Crippen molar-refractivity contribution in [3.8, 4) is 0 Å². The number of hydrogen-bond acceptors (Lipinski definition) is 3. The Kier molecular flexibility index (Phi) is 5.11. The first-order chi connectivity index (χ1) is 12.8. The molecule has 3 rings (SSSR count). The zero-order valence-electron chi connectivity index (χ0n) is 15.2. The van der Waals surface area contributed by atoms with Crippen LogP contribution in [-0.2, 0) is 26.3 Å². The Morgan fingerprint density at radius 2 is 1.93 bits per heavy atom. The summed E-state index contributed by atoms with van der Waals surface area (Å²) in [6.45, 7) is 2.27. The number of rotatable bonds is 4. The van der Waals surface area contributed by atoms with Gasteiger partial charge in [-0.25, -0.2) is 0 Å². The van der Waals surface area contributed by atoms with Gasteiger partial charge >= 0.3 is 6.18 Å². The van der Waals surface area contributed by atoms with Crippen molar-refractivity contribution in [1.82, 2.24) is 20.4 Å². The summed E-state index contributed by atoms with van der Waals surface area (Å²) < 4.78 is 46.0. The van der Waals surface area contributed by atoms with Crippen LogP contribution in [0, 0.1) is 6.92 Å². The van der Waals surface area contributed by atoms with Crippen molar-refractivity contribution in [3.05, 3.63) is 53.0 Å². The minimum Gasteiger partial charge on any atom is -0.459 e. The first kappa shape index (κ1) is 18.8. The highest BCUT2D eigenvalue weighted by atomic mass is 19.4. The lowest BCUT2D eigenvalue weighted by atomic mass is 10.1. The first-order valence-electron chi connectivity index (χ1n) is 8.31. The molecule has 2 heterocycles. The minimum atomic E-state index is -4.50. The number of aryl methyl sites for hydroxylation is 2. The number of nitrogens with one attached hydrogen (secondary N) is 2. The van der Waals surface area contributed by atoms with Crippen LogP contribution in [0.3, 0.4) is 0 Å². The van der Waals surface area contributed by atoms with Gasteiger partial charge in [0.25, 0.3) is 0 Å². The molecule has 2 N–H and O–H groups in total. The number of aliphatic imine (C=N–C) groups is 1. The maximum Gasteiger partial charge on any atom is 0.435 e. The van der Waals surface area contributed by atoms with E-state index in [0.717, 1.165) is 27.0 Å². The van der Waals surface area contributed by atoms with E-state index in [1.165, 1.54) is 13.2 Å². The van der Waals surface area contributed by atoms with Gasteiger partial charge in [0.2, 0.25) is 0 Å². The van der Waals surface area contributed by atoms with Crippen molar-refractivity contribution < 1.29 is 17.6 Å². The summed E-state index contributed by atoms with van der Waals surface area (Å²) in [5.74, 6) is 1.11. The van der Waals surface area contributed by atoms with E-state index in [9.17, 15) is 13.2 Å². The fraction of sp³-hybridized carbons (Fsp3) is 0.333. The number of furan rings is 1. The molecule has 0 amide bonds. The Morgan fingerprint density at radius 3 is 2.59 bits per heavy atom. The lowest BCUT2D eigenvalue weighted by Gasteiger charge is -2.12. The number of fused-ring (bicyclic) bond motifs is 1. The number of halogens is 3. The summed E-state index contributed by atoms with van der Waals surface area (Å²) in [4.78, 5) is 4.04. The van der Waals surface area contributed by atoms with E-state index in [2.05, 4.69) is 20.7 Å². The molecule has 9 heteroatoms. The van der Waals surface area contributed by atoms with Crippen LogP contribution in [0.15, 0.2) is 39.9 Å². The van der Waals surface area contributed by atoms with Crippen LogP contribution in [0.2, 0.25) is 0 Å². The Balaban J connectivity index is 1.66. The molecule has 0 radical (unpaired) electrons. The average Bonchev–Trinajstić information content (AvgIpc) is 3.16. The molecule has 144 valence electrons. The normalized spacial score (nSPS) is 12.6. The van der Waals surface area contributed by atoms with E-state index < -0.39 is 11.9 Å². The largest absolute Gasteiger partial charge is 0.459 e. The van der Waals surface area contributed by atoms with Crippen LogP contribution in [0.25, 0.3) is 11.0 Å². The van der Waals surface area contributed by atoms with Crippen LogP contribution in [0.4, 0.5) is 13.2 Å². The van der Waals surface area contributed by atoms with Crippen molar-refractivity contribution >= 4 is 16.9 Å². The van der Waals surface area contributed by atoms with Gasteiger partial charge in [-0.3, -0.25) is 9.67 Å². The van der Waals surface area contributed by atoms with Gasteiger partial charge in [-0.15, -0.1) is 0 Å². The number of guanidine groups is 1. The van der Waals surface area contributed by atoms with E-state index in [1.807, 2.05) is 31.2 Å². The smallest absolute Gasteiger partial charge is 0.435 e. The fourth-order valence-corrected chi connectivity index (χ4v) is 2.86. The highest BCUT2D eigenvalue weighted by Crippen LogP contribution is 2.30. The van der Waals surface area contributed by atoms with Gasteiger partial charge in [-0.05, 0) is 13.0 Å². The lowest BCUT2D eigenvalue weighted by molar-refractivity contribution is -0.142. The van der Waals surface area contributed by atoms with Crippen LogP contribution in [0.1, 0.15) is 22.6 Å². The maximum atomic E-state index is 13.0. The number of alkyl halides is 3. The van der Waals surface area contributed by atoms with Gasteiger partial charge in [0.15, 0.2) is 11.7 Å². The Labute approximate surface area is 154 Å². The van der Waals surface area contributed by atoms with E-state index in [4.69, 9.17) is 4.42 Å². The Bertz CT molecular complexity index is 971. The summed E-state index contributed by atoms with van der Waals surface area (Å²) in [6, 6.07) is 7.70. The van der Waals surface area contributed by atoms with Crippen molar-refractivity contribution in [3.63, 3.8) is 0 Å². The standard InChI is InChI=1S/C18H20F3N5O/c1-11-13-6-4-5-7-14(13)27-15(11)9-24-17(22-2)23-8-12-10-26(3)25-16(12)18(19,20)21/h4-7,10H,8-9H2,1-3H3,(H2,22,23,24). The van der Waals surface area contributed by atoms with E-state index >= 15 is 0 Å². The fourth-order valence-electron chi connectivity index (χ4n) is 2.86. The number of nitrogens with zero attached hydrogens (tertiary/aromatic N) is 3. The highest BCUT2D eigenvalue weighted by molar-refractivity contribution is 5.82. The number of aromatic nitrogens is 2. The SMILES string of the molecule is CN=C(NCc1cn(C)nc1C(F)(F)F)NCc1oc2ccccc2c1C. The zero-order valence-corrected chi connectivity index (χ0v) is 15.2. The predicted octanol–water partition coefficient (Wildman–Crippen LogP) is 3.36. The summed E-state index contributed by atoms with van der Waals surface area (Å²) in [5.41, 5.74) is 0.953. The molecular formula is C18H20F3N5O. The number of hydrogen-bond donors (Lipinski definition) is 2. The Hall–Kier alpha value is -2.97. The summed E-state index contributed by atoms with van der Waals surface area (Å²) in [6.07, 6.45) is -3.16. The number of para-hydroxylation sites is 1. The van der Waals surface area contributed by atoms with Gasteiger partial charge < -0.3 is 15.1 Å². The van der Waals surface area contributed by atoms with Crippen LogP contribution in [-0.4, -0.2) is 22.8 Å². The lowest BCUT2D eigenvalue weighted by Crippen LogP contribution is -2.36. The van der Waals surface area contributed by atoms with Crippen LogP contribution in [0.5, 0.6) is 0 Å². The van der Waals surface area contributed by atoms with E-state index in [1.54, 1.807) is 7.05 Å². The molecule has 3 aromatic rings. The highest BCUT2D eigenvalue weighted by Gasteiger charge is 2.36. The zero-order chi connectivity index (χ0) is 19.6. The molecule has 0 aliphatic carbocycles. The van der Waals surface area contributed by atoms with Gasteiger partial charge in [0.1, 0.15) is 11.3 Å². The molecule has 2 aromatic heterocycles. The first-order valence-corrected chi connectivity index (χ1v) is 8.31. The third-order valence-electron chi connectivity index (χ3n) is 4.20. The van der Waals surface area contributed by atoms with Crippen molar-refractivity contribution in [2.45, 2.75) is 26.2 Å². The van der Waals surface area contributed by atoms with Gasteiger partial charge in [-0.1, -0.05) is 18.2 Å². The second kappa shape index (κ2) is 7.34. The molecule has 0 saturated carbocycles. The van der Waals surface area contributed by atoms with Crippen molar-refractivity contribution in [2.24, 2.45) is 12.0 Å². The minimum absolute atomic E-state index is 0.0490. The third kappa shape index (κ3) is 4.07. The van der Waals surface area contributed by atoms with Crippen molar-refractivity contribution in [2.75, 3.05) is 7.05 Å². The quantitative estimate of drug-likeness (QED) is 0.539. The molecule has 27 heavy (non-hydrogen) atoms. The molecule has 0 bridgehead atoms. The topological polar surface area (TPSA) is 67.4 Å². The predicted molar refractivity (Wildman–Crippen MR) is 96.2 cm³/mol. The molecular weight excluding hydrogens is 359 g/mol. The third-order valence-corrected chi connectivity index (χ3v) is 4.20. The van der Waals surface area contributed by atoms with Crippen LogP contribution < -0.4 is 10.6 Å². The second-order valence-corrected chi connectivity index (χ2v) is 6.10. The summed E-state index contributed by atoms with van der Waals surface area (Å²) >= 11 is 0. The molecule has 0 saturated heterocycles. The molecule has 0 aliphatic rings. The average molecular weight is 379 g/mol. The molecule has 6 nitrogen and oxygen atoms in total. The molecule has 0 atom stereocenters. The molecule has 0 fully saturated rings. The van der Waals surface area contributed by atoms with E-state index in [0.29, 0.717) is 12.5 Å². The van der Waals surface area contributed by atoms with Crippen LogP contribution >= 0.6 is 0 Å². The molecule has 0 unspecified atom stereocenters. The molecule has 1 aromatic carbocycles. The van der Waals surface area contributed by atoms with Gasteiger partial charge in [-0.2, -0.15) is 18.3 Å². The summed E-state index contributed by atoms with van der Waals surface area (Å²) in [5, 5.41) is 10.5. The van der Waals surface area contributed by atoms with Gasteiger partial charge in [0.05, 0.1) is 6.54 Å². The van der Waals surface area contributed by atoms with E-state index in [-0.39, 0.29) is 12.1 Å². The maximum absolute atomic E-state index is 13.0. The molecule has 0 aliphatic heterocycles. The molecule has 0 spiro atoms. The summed E-state index contributed by atoms with van der Waals surface area (Å²) in [7, 11) is 3.00.